The van der Waals surface area contributed by atoms with Crippen molar-refractivity contribution >= 4 is 23.7 Å². The van der Waals surface area contributed by atoms with Gasteiger partial charge in [0.15, 0.2) is 0 Å². The molecule has 0 aliphatic carbocycles. The van der Waals surface area contributed by atoms with Gasteiger partial charge in [-0.2, -0.15) is 0 Å². The van der Waals surface area contributed by atoms with Gasteiger partial charge in [-0.3, -0.25) is 4.79 Å². The van der Waals surface area contributed by atoms with E-state index in [1.54, 1.807) is 11.8 Å². The fourth-order valence-electron chi connectivity index (χ4n) is 1.96. The van der Waals surface area contributed by atoms with E-state index in [-0.39, 0.29) is 11.8 Å². The molecule has 3 amide bonds. The molecule has 0 aromatic heterocycles. The maximum absolute atomic E-state index is 12.1. The number of hydrogen-bond donors (Lipinski definition) is 3. The largest absolute Gasteiger partial charge is 0.354 e. The molecule has 22 heavy (non-hydrogen) atoms. The van der Waals surface area contributed by atoms with Gasteiger partial charge in [0.1, 0.15) is 6.04 Å². The number of rotatable bonds is 9. The highest BCUT2D eigenvalue weighted by Gasteiger charge is 2.24. The second kappa shape index (κ2) is 10.1. The Kier molecular flexibility index (Phi) is 8.43. The Morgan fingerprint density at radius 1 is 1.27 bits per heavy atom. The van der Waals surface area contributed by atoms with Crippen LogP contribution in [0.1, 0.15) is 26.7 Å². The maximum atomic E-state index is 12.1. The fourth-order valence-corrected chi connectivity index (χ4v) is 2.83. The summed E-state index contributed by atoms with van der Waals surface area (Å²) in [7, 11) is 0. The molecule has 1 aromatic rings. The van der Waals surface area contributed by atoms with Crippen molar-refractivity contribution < 1.29 is 9.59 Å². The lowest BCUT2D eigenvalue weighted by atomic mass is 9.98. The first-order valence-electron chi connectivity index (χ1n) is 7.56. The minimum atomic E-state index is -0.667. The Bertz CT molecular complexity index is 468. The van der Waals surface area contributed by atoms with Gasteiger partial charge < -0.3 is 16.4 Å². The van der Waals surface area contributed by atoms with Crippen LogP contribution in [0.2, 0.25) is 0 Å². The predicted octanol–water partition coefficient (Wildman–Crippen LogP) is 2.37. The third-order valence-electron chi connectivity index (χ3n) is 3.43. The van der Waals surface area contributed by atoms with Crippen LogP contribution in [0.5, 0.6) is 0 Å². The van der Waals surface area contributed by atoms with Crippen molar-refractivity contribution in [2.24, 2.45) is 11.7 Å². The molecule has 0 fully saturated rings. The molecule has 0 bridgehead atoms. The van der Waals surface area contributed by atoms with Crippen LogP contribution in [0.25, 0.3) is 0 Å². The lowest BCUT2D eigenvalue weighted by Gasteiger charge is -2.22. The van der Waals surface area contributed by atoms with Gasteiger partial charge in [0.05, 0.1) is 0 Å². The number of hydrogen-bond acceptors (Lipinski definition) is 3. The van der Waals surface area contributed by atoms with Gasteiger partial charge in [-0.15, -0.1) is 11.8 Å². The van der Waals surface area contributed by atoms with Gasteiger partial charge in [-0.25, -0.2) is 4.79 Å². The average Bonchev–Trinajstić information content (AvgIpc) is 2.52. The molecule has 5 nitrogen and oxygen atoms in total. The zero-order valence-electron chi connectivity index (χ0n) is 13.2. The molecule has 0 heterocycles. The second-order valence-electron chi connectivity index (χ2n) is 5.18. The Morgan fingerprint density at radius 2 is 1.95 bits per heavy atom. The Morgan fingerprint density at radius 3 is 2.55 bits per heavy atom. The van der Waals surface area contributed by atoms with E-state index in [9.17, 15) is 9.59 Å². The van der Waals surface area contributed by atoms with E-state index in [1.165, 1.54) is 4.90 Å². The molecule has 2 unspecified atom stereocenters. The topological polar surface area (TPSA) is 84.2 Å². The van der Waals surface area contributed by atoms with Crippen molar-refractivity contribution in [3.8, 4) is 0 Å². The first kappa shape index (κ1) is 18.4. The molecule has 4 N–H and O–H groups in total. The van der Waals surface area contributed by atoms with Crippen LogP contribution < -0.4 is 16.4 Å². The molecule has 2 atom stereocenters. The highest BCUT2D eigenvalue weighted by atomic mass is 32.2. The molecule has 1 rings (SSSR count). The van der Waals surface area contributed by atoms with Crippen molar-refractivity contribution in [3.05, 3.63) is 30.3 Å². The molecular formula is C16H25N3O2S. The van der Waals surface area contributed by atoms with E-state index in [0.29, 0.717) is 6.54 Å². The number of nitrogens with two attached hydrogens (primary N) is 1. The molecular weight excluding hydrogens is 298 g/mol. The SMILES string of the molecule is CCC(C)C(NC(N)=O)C(=O)NCCCSc1ccccc1. The summed E-state index contributed by atoms with van der Waals surface area (Å²) >= 11 is 1.76. The number of benzene rings is 1. The van der Waals surface area contributed by atoms with Crippen LogP contribution in [-0.2, 0) is 4.79 Å². The van der Waals surface area contributed by atoms with Gasteiger partial charge in [0, 0.05) is 11.4 Å². The van der Waals surface area contributed by atoms with E-state index < -0.39 is 12.1 Å². The number of amides is 3. The summed E-state index contributed by atoms with van der Waals surface area (Å²) in [5.41, 5.74) is 5.13. The number of carbonyl (C=O) groups is 2. The third kappa shape index (κ3) is 6.85. The molecule has 0 aliphatic heterocycles. The molecule has 0 saturated heterocycles. The highest BCUT2D eigenvalue weighted by molar-refractivity contribution is 7.99. The van der Waals surface area contributed by atoms with Crippen LogP contribution >= 0.6 is 11.8 Å². The first-order valence-corrected chi connectivity index (χ1v) is 8.54. The van der Waals surface area contributed by atoms with Crippen LogP contribution in [0.3, 0.4) is 0 Å². The smallest absolute Gasteiger partial charge is 0.312 e. The second-order valence-corrected chi connectivity index (χ2v) is 6.35. The Balaban J connectivity index is 2.29. The number of urea groups is 1. The van der Waals surface area contributed by atoms with Gasteiger partial charge in [-0.1, -0.05) is 38.5 Å². The summed E-state index contributed by atoms with van der Waals surface area (Å²) in [5, 5.41) is 5.39. The van der Waals surface area contributed by atoms with E-state index in [1.807, 2.05) is 32.0 Å². The highest BCUT2D eigenvalue weighted by Crippen LogP contribution is 2.17. The standard InChI is InChI=1S/C16H25N3O2S/c1-3-12(2)14(19-16(17)21)15(20)18-10-7-11-22-13-8-5-4-6-9-13/h4-6,8-9,12,14H,3,7,10-11H2,1-2H3,(H,18,20)(H3,17,19,21). The lowest BCUT2D eigenvalue weighted by molar-refractivity contribution is -0.124. The van der Waals surface area contributed by atoms with Gasteiger partial charge in [0.2, 0.25) is 5.91 Å². The summed E-state index contributed by atoms with van der Waals surface area (Å²) in [6.45, 7) is 4.49. The van der Waals surface area contributed by atoms with E-state index in [0.717, 1.165) is 18.6 Å². The van der Waals surface area contributed by atoms with Crippen molar-refractivity contribution in [1.29, 1.82) is 0 Å². The molecule has 6 heteroatoms. The summed E-state index contributed by atoms with van der Waals surface area (Å²) in [5.74, 6) is 0.811. The normalized spacial score (nSPS) is 13.2. The minimum absolute atomic E-state index is 0.0474. The number of primary amides is 1. The van der Waals surface area contributed by atoms with E-state index in [2.05, 4.69) is 22.8 Å². The van der Waals surface area contributed by atoms with Crippen LogP contribution in [0.4, 0.5) is 4.79 Å². The van der Waals surface area contributed by atoms with Crippen molar-refractivity contribution in [2.75, 3.05) is 12.3 Å². The van der Waals surface area contributed by atoms with E-state index in [4.69, 9.17) is 5.73 Å². The molecule has 0 spiro atoms. The van der Waals surface area contributed by atoms with Crippen LogP contribution in [0.15, 0.2) is 35.2 Å². The van der Waals surface area contributed by atoms with Crippen molar-refractivity contribution in [2.45, 2.75) is 37.6 Å². The Hall–Kier alpha value is -1.69. The quantitative estimate of drug-likeness (QED) is 0.482. The monoisotopic (exact) mass is 323 g/mol. The van der Waals surface area contributed by atoms with Gasteiger partial charge in [-0.05, 0) is 30.2 Å². The summed E-state index contributed by atoms with van der Waals surface area (Å²) < 4.78 is 0. The minimum Gasteiger partial charge on any atom is -0.354 e. The third-order valence-corrected chi connectivity index (χ3v) is 4.52. The van der Waals surface area contributed by atoms with E-state index >= 15 is 0 Å². The first-order chi connectivity index (χ1) is 10.5. The molecule has 0 saturated carbocycles. The molecule has 0 radical (unpaired) electrons. The zero-order valence-corrected chi connectivity index (χ0v) is 14.0. The number of carbonyl (C=O) groups excluding carboxylic acids is 2. The summed E-state index contributed by atoms with van der Waals surface area (Å²) in [6.07, 6.45) is 1.66. The van der Waals surface area contributed by atoms with Crippen molar-refractivity contribution in [1.82, 2.24) is 10.6 Å². The number of nitrogens with one attached hydrogen (secondary N) is 2. The van der Waals surface area contributed by atoms with Crippen molar-refractivity contribution in [3.63, 3.8) is 0 Å². The fraction of sp³-hybridized carbons (Fsp3) is 0.500. The Labute approximate surface area is 136 Å². The maximum Gasteiger partial charge on any atom is 0.312 e. The molecule has 122 valence electrons. The summed E-state index contributed by atoms with van der Waals surface area (Å²) in [4.78, 5) is 24.3. The summed E-state index contributed by atoms with van der Waals surface area (Å²) in [6, 6.07) is 8.92. The van der Waals surface area contributed by atoms with Gasteiger partial charge in [0.25, 0.3) is 0 Å². The lowest BCUT2D eigenvalue weighted by Crippen LogP contribution is -2.51. The van der Waals surface area contributed by atoms with Crippen LogP contribution in [-0.4, -0.2) is 30.3 Å². The van der Waals surface area contributed by atoms with Crippen LogP contribution in [0, 0.1) is 5.92 Å². The van der Waals surface area contributed by atoms with Gasteiger partial charge >= 0.3 is 6.03 Å². The zero-order chi connectivity index (χ0) is 16.4. The predicted molar refractivity (Wildman–Crippen MR) is 90.8 cm³/mol. The average molecular weight is 323 g/mol. The molecule has 0 aliphatic rings. The number of thioether (sulfide) groups is 1. The molecule has 1 aromatic carbocycles.